The van der Waals surface area contributed by atoms with Gasteiger partial charge in [0.1, 0.15) is 0 Å². The minimum atomic E-state index is -2.71. The summed E-state index contributed by atoms with van der Waals surface area (Å²) in [6, 6.07) is 21.2. The van der Waals surface area contributed by atoms with Crippen LogP contribution in [0.1, 0.15) is 54.9 Å². The smallest absolute Gasteiger partial charge is 0.261 e. The molecule has 32 heavy (non-hydrogen) atoms. The molecule has 0 fully saturated rings. The van der Waals surface area contributed by atoms with E-state index in [2.05, 4.69) is 115 Å². The quantitative estimate of drug-likeness (QED) is 0.474. The van der Waals surface area contributed by atoms with Gasteiger partial charge in [-0.05, 0) is 46.9 Å². The van der Waals surface area contributed by atoms with Crippen LogP contribution in [0.25, 0.3) is 0 Å². The van der Waals surface area contributed by atoms with Crippen molar-refractivity contribution in [1.82, 2.24) is 0 Å². The van der Waals surface area contributed by atoms with Gasteiger partial charge in [-0.3, -0.25) is 0 Å². The van der Waals surface area contributed by atoms with Crippen LogP contribution < -0.4 is 10.4 Å². The Balaban J connectivity index is 2.45. The Hall–Kier alpha value is -1.25. The molecule has 0 saturated carbocycles. The molecular weight excluding hydrogens is 428 g/mol. The van der Waals surface area contributed by atoms with Crippen molar-refractivity contribution in [2.45, 2.75) is 90.3 Å². The van der Waals surface area contributed by atoms with Crippen molar-refractivity contribution >= 4 is 27.0 Å². The normalized spacial score (nSPS) is 15.4. The summed E-state index contributed by atoms with van der Waals surface area (Å²) in [4.78, 5) is 0. The van der Waals surface area contributed by atoms with Crippen molar-refractivity contribution in [3.63, 3.8) is 0 Å². The van der Waals surface area contributed by atoms with Crippen LogP contribution >= 0.6 is 0 Å². The molecule has 0 radical (unpaired) electrons. The van der Waals surface area contributed by atoms with E-state index in [1.165, 1.54) is 10.4 Å². The second-order valence-electron chi connectivity index (χ2n) is 11.5. The molecule has 0 heterocycles. The molecule has 0 aromatic heterocycles. The van der Waals surface area contributed by atoms with E-state index in [0.29, 0.717) is 13.0 Å². The largest absolute Gasteiger partial charge is 0.417 e. The van der Waals surface area contributed by atoms with Gasteiger partial charge in [0.2, 0.25) is 0 Å². The van der Waals surface area contributed by atoms with Gasteiger partial charge in [0.05, 0.1) is 12.2 Å². The molecule has 2 atom stereocenters. The van der Waals surface area contributed by atoms with Crippen molar-refractivity contribution < 1.29 is 14.0 Å². The Bertz CT molecular complexity index is 782. The first-order chi connectivity index (χ1) is 14.7. The maximum absolute atomic E-state index is 10.8. The fraction of sp³-hybridized carbons (Fsp3) is 0.556. The lowest BCUT2D eigenvalue weighted by Crippen LogP contribution is -2.68. The minimum Gasteiger partial charge on any atom is -0.417 e. The molecule has 178 valence electrons. The summed E-state index contributed by atoms with van der Waals surface area (Å²) >= 11 is 0. The third-order valence-electron chi connectivity index (χ3n) is 6.95. The lowest BCUT2D eigenvalue weighted by molar-refractivity contribution is 0.0275. The molecule has 0 saturated heterocycles. The molecule has 2 aromatic carbocycles. The highest BCUT2D eigenvalue weighted by molar-refractivity contribution is 6.99. The van der Waals surface area contributed by atoms with Crippen molar-refractivity contribution in [3.05, 3.63) is 60.7 Å². The maximum atomic E-state index is 10.8. The summed E-state index contributed by atoms with van der Waals surface area (Å²) in [7, 11) is -4.57. The molecule has 0 aliphatic heterocycles. The molecule has 3 nitrogen and oxygen atoms in total. The van der Waals surface area contributed by atoms with E-state index < -0.39 is 22.7 Å². The lowest BCUT2D eigenvalue weighted by atomic mass is 10.2. The van der Waals surface area contributed by atoms with Crippen molar-refractivity contribution in [2.75, 3.05) is 6.61 Å². The van der Waals surface area contributed by atoms with Gasteiger partial charge in [-0.15, -0.1) is 0 Å². The fourth-order valence-corrected chi connectivity index (χ4v) is 9.81. The molecule has 2 aromatic rings. The Morgan fingerprint density at radius 3 is 1.56 bits per heavy atom. The Morgan fingerprint density at radius 2 is 1.22 bits per heavy atom. The van der Waals surface area contributed by atoms with Crippen molar-refractivity contribution in [3.8, 4) is 0 Å². The highest BCUT2D eigenvalue weighted by Gasteiger charge is 2.51. The molecule has 0 spiro atoms. The summed E-state index contributed by atoms with van der Waals surface area (Å²) in [6.07, 6.45) is -0.208. The van der Waals surface area contributed by atoms with Gasteiger partial charge < -0.3 is 14.0 Å². The van der Waals surface area contributed by atoms with Crippen LogP contribution in [0.5, 0.6) is 0 Å². The molecule has 0 amide bonds. The lowest BCUT2D eigenvalue weighted by Gasteiger charge is -2.46. The van der Waals surface area contributed by atoms with Gasteiger partial charge in [0.25, 0.3) is 8.32 Å². The Labute approximate surface area is 198 Å². The zero-order valence-electron chi connectivity index (χ0n) is 21.6. The van der Waals surface area contributed by atoms with E-state index in [0.717, 1.165) is 0 Å². The fourth-order valence-electron chi connectivity index (χ4n) is 3.96. The van der Waals surface area contributed by atoms with Crippen molar-refractivity contribution in [2.24, 2.45) is 0 Å². The number of aliphatic hydroxyl groups excluding tert-OH is 1. The van der Waals surface area contributed by atoms with E-state index in [1.807, 2.05) is 6.92 Å². The van der Waals surface area contributed by atoms with Crippen LogP contribution in [0, 0.1) is 0 Å². The number of rotatable bonds is 9. The number of benzene rings is 2. The standard InChI is InChI=1S/C27H44O3Si2/c1-22(28)25(20-21-29-31(8,9)26(2,3)4)30-32(27(5,6)7,23-16-12-10-13-17-23)24-18-14-11-15-19-24/h10-19,22,25,28H,20-21H2,1-9H3/t22?,25-/m1/s1. The highest BCUT2D eigenvalue weighted by Crippen LogP contribution is 2.39. The minimum absolute atomic E-state index is 0.122. The predicted octanol–water partition coefficient (Wildman–Crippen LogP) is 5.72. The van der Waals surface area contributed by atoms with Crippen LogP contribution in [-0.2, 0) is 8.85 Å². The zero-order valence-corrected chi connectivity index (χ0v) is 23.6. The summed E-state index contributed by atoms with van der Waals surface area (Å²) in [5, 5.41) is 13.3. The summed E-state index contributed by atoms with van der Waals surface area (Å²) in [5.74, 6) is 0. The van der Waals surface area contributed by atoms with Gasteiger partial charge in [0.15, 0.2) is 8.32 Å². The van der Waals surface area contributed by atoms with Crippen LogP contribution in [0.15, 0.2) is 60.7 Å². The number of hydrogen-bond donors (Lipinski definition) is 1. The zero-order chi connectivity index (χ0) is 24.2. The van der Waals surface area contributed by atoms with Crippen LogP contribution in [0.3, 0.4) is 0 Å². The first-order valence-corrected chi connectivity index (χ1v) is 16.6. The van der Waals surface area contributed by atoms with Gasteiger partial charge in [-0.2, -0.15) is 0 Å². The first kappa shape index (κ1) is 27.0. The first-order valence-electron chi connectivity index (χ1n) is 11.8. The van der Waals surface area contributed by atoms with Crippen LogP contribution in [0.2, 0.25) is 23.2 Å². The summed E-state index contributed by atoms with van der Waals surface area (Å²) in [5.41, 5.74) is 0. The third kappa shape index (κ3) is 6.00. The molecule has 5 heteroatoms. The van der Waals surface area contributed by atoms with E-state index in [1.54, 1.807) is 0 Å². The SMILES string of the molecule is CC(O)[C@@H](CCO[Si](C)(C)C(C)(C)C)O[Si](c1ccccc1)(c1ccccc1)C(C)(C)C. The van der Waals surface area contributed by atoms with E-state index in [9.17, 15) is 5.11 Å². The third-order valence-corrected chi connectivity index (χ3v) is 16.6. The topological polar surface area (TPSA) is 38.7 Å². The molecule has 1 unspecified atom stereocenters. The van der Waals surface area contributed by atoms with E-state index in [-0.39, 0.29) is 16.2 Å². The van der Waals surface area contributed by atoms with Gasteiger partial charge in [-0.1, -0.05) is 102 Å². The van der Waals surface area contributed by atoms with Crippen LogP contribution in [-0.4, -0.2) is 40.6 Å². The summed E-state index contributed by atoms with van der Waals surface area (Å²) < 4.78 is 13.6. The molecule has 0 aliphatic carbocycles. The molecular formula is C27H44O3Si2. The van der Waals surface area contributed by atoms with E-state index in [4.69, 9.17) is 8.85 Å². The number of hydrogen-bond acceptors (Lipinski definition) is 3. The Kier molecular flexibility index (Phi) is 8.73. The second-order valence-corrected chi connectivity index (χ2v) is 20.5. The average Bonchev–Trinajstić information content (AvgIpc) is 2.70. The maximum Gasteiger partial charge on any atom is 0.261 e. The molecule has 0 aliphatic rings. The van der Waals surface area contributed by atoms with Gasteiger partial charge >= 0.3 is 0 Å². The van der Waals surface area contributed by atoms with E-state index >= 15 is 0 Å². The molecule has 1 N–H and O–H groups in total. The summed E-state index contributed by atoms with van der Waals surface area (Å²) in [6.45, 7) is 20.6. The number of aliphatic hydroxyl groups is 1. The van der Waals surface area contributed by atoms with Crippen molar-refractivity contribution in [1.29, 1.82) is 0 Å². The molecule has 0 bridgehead atoms. The Morgan fingerprint density at radius 1 is 0.781 bits per heavy atom. The highest BCUT2D eigenvalue weighted by atomic mass is 28.4. The van der Waals surface area contributed by atoms with Crippen LogP contribution in [0.4, 0.5) is 0 Å². The van der Waals surface area contributed by atoms with Gasteiger partial charge in [-0.25, -0.2) is 0 Å². The predicted molar refractivity (Wildman–Crippen MR) is 142 cm³/mol. The average molecular weight is 473 g/mol. The van der Waals surface area contributed by atoms with Gasteiger partial charge in [0, 0.05) is 6.61 Å². The monoisotopic (exact) mass is 472 g/mol. The second kappa shape index (κ2) is 10.3. The molecule has 2 rings (SSSR count).